The van der Waals surface area contributed by atoms with Crippen LogP contribution in [0.25, 0.3) is 0 Å². The van der Waals surface area contributed by atoms with Crippen molar-refractivity contribution in [2.24, 2.45) is 5.92 Å². The van der Waals surface area contributed by atoms with Gasteiger partial charge in [-0.25, -0.2) is 4.39 Å². The van der Waals surface area contributed by atoms with Gasteiger partial charge in [0.1, 0.15) is 11.8 Å². The van der Waals surface area contributed by atoms with Gasteiger partial charge in [-0.05, 0) is 76.8 Å². The van der Waals surface area contributed by atoms with E-state index in [4.69, 9.17) is 10.00 Å². The highest BCUT2D eigenvalue weighted by Gasteiger charge is 2.38. The first-order valence-electron chi connectivity index (χ1n) is 9.88. The largest absolute Gasteiger partial charge is 0.453 e. The smallest absolute Gasteiger partial charge is 0.166 e. The van der Waals surface area contributed by atoms with Gasteiger partial charge >= 0.3 is 0 Å². The van der Waals surface area contributed by atoms with Crippen molar-refractivity contribution in [1.82, 2.24) is 5.32 Å². The average molecular weight is 394 g/mol. The Labute approximate surface area is 171 Å². The van der Waals surface area contributed by atoms with E-state index in [0.29, 0.717) is 17.5 Å². The van der Waals surface area contributed by atoms with Crippen molar-refractivity contribution < 1.29 is 13.9 Å². The Morgan fingerprint density at radius 2 is 1.79 bits per heavy atom. The third-order valence-electron chi connectivity index (χ3n) is 5.23. The molecule has 29 heavy (non-hydrogen) atoms. The van der Waals surface area contributed by atoms with Crippen molar-refractivity contribution in [3.05, 3.63) is 59.4 Å². The molecule has 0 radical (unpaired) electrons. The number of para-hydroxylation sites is 1. The molecule has 1 fully saturated rings. The summed E-state index contributed by atoms with van der Waals surface area (Å²) in [5.41, 5.74) is 0.592. The molecule has 1 aliphatic heterocycles. The van der Waals surface area contributed by atoms with Crippen molar-refractivity contribution >= 4 is 5.78 Å². The van der Waals surface area contributed by atoms with Crippen LogP contribution >= 0.6 is 0 Å². The first-order valence-corrected chi connectivity index (χ1v) is 9.88. The Morgan fingerprint density at radius 3 is 2.41 bits per heavy atom. The molecule has 0 bridgehead atoms. The van der Waals surface area contributed by atoms with E-state index in [-0.39, 0.29) is 34.3 Å². The van der Waals surface area contributed by atoms with Crippen molar-refractivity contribution in [3.63, 3.8) is 0 Å². The summed E-state index contributed by atoms with van der Waals surface area (Å²) in [5.74, 6) is -0.156. The maximum atomic E-state index is 14.6. The van der Waals surface area contributed by atoms with E-state index >= 15 is 0 Å². The number of ether oxygens (including phenoxy) is 1. The van der Waals surface area contributed by atoms with E-state index in [9.17, 15) is 9.18 Å². The Balaban J connectivity index is 1.73. The van der Waals surface area contributed by atoms with Gasteiger partial charge < -0.3 is 10.1 Å². The van der Waals surface area contributed by atoms with Crippen LogP contribution in [0.3, 0.4) is 0 Å². The fourth-order valence-electron chi connectivity index (χ4n) is 4.58. The number of carbonyl (C=O) groups excluding carboxylic acids is 1. The summed E-state index contributed by atoms with van der Waals surface area (Å²) in [6, 6.07) is 12.9. The van der Waals surface area contributed by atoms with E-state index in [1.165, 1.54) is 12.1 Å². The molecule has 4 nitrogen and oxygen atoms in total. The van der Waals surface area contributed by atoms with Crippen LogP contribution in [0.15, 0.2) is 42.5 Å². The predicted molar refractivity (Wildman–Crippen MR) is 111 cm³/mol. The maximum Gasteiger partial charge on any atom is 0.166 e. The van der Waals surface area contributed by atoms with Crippen molar-refractivity contribution in [2.75, 3.05) is 0 Å². The highest BCUT2D eigenvalue weighted by molar-refractivity contribution is 5.96. The molecule has 1 saturated heterocycles. The minimum Gasteiger partial charge on any atom is -0.453 e. The Morgan fingerprint density at radius 1 is 1.14 bits per heavy atom. The third kappa shape index (κ3) is 5.21. The summed E-state index contributed by atoms with van der Waals surface area (Å²) in [7, 11) is 0. The minimum atomic E-state index is -0.616. The summed E-state index contributed by atoms with van der Waals surface area (Å²) < 4.78 is 20.1. The van der Waals surface area contributed by atoms with Crippen LogP contribution in [0.5, 0.6) is 11.5 Å². The van der Waals surface area contributed by atoms with Crippen molar-refractivity contribution in [2.45, 2.75) is 58.0 Å². The lowest BCUT2D eigenvalue weighted by Crippen LogP contribution is -2.57. The number of rotatable bonds is 5. The molecule has 0 saturated carbocycles. The summed E-state index contributed by atoms with van der Waals surface area (Å²) in [6.07, 6.45) is 2.19. The number of hydrogen-bond donors (Lipinski definition) is 1. The Hall–Kier alpha value is -2.71. The van der Waals surface area contributed by atoms with Crippen LogP contribution in [0.4, 0.5) is 4.39 Å². The maximum absolute atomic E-state index is 14.6. The lowest BCUT2D eigenvalue weighted by molar-refractivity contribution is 0.0864. The molecule has 152 valence electrons. The number of Topliss-reactive ketones (excluding diaryl/α,β-unsaturated/α-hetero) is 1. The van der Waals surface area contributed by atoms with Crippen LogP contribution in [0.2, 0.25) is 0 Å². The molecule has 0 atom stereocenters. The zero-order valence-electron chi connectivity index (χ0n) is 17.4. The molecular formula is C24H27FN2O2. The number of benzene rings is 2. The topological polar surface area (TPSA) is 62.1 Å². The highest BCUT2D eigenvalue weighted by atomic mass is 19.1. The molecule has 2 aromatic rings. The fraction of sp³-hybridized carbons (Fsp3) is 0.417. The molecule has 5 heteroatoms. The zero-order chi connectivity index (χ0) is 21.2. The number of carbonyl (C=O) groups is 1. The van der Waals surface area contributed by atoms with Crippen LogP contribution in [-0.4, -0.2) is 16.9 Å². The van der Waals surface area contributed by atoms with Crippen molar-refractivity contribution in [3.8, 4) is 17.6 Å². The molecule has 0 aromatic heterocycles. The molecular weight excluding hydrogens is 367 g/mol. The lowest BCUT2D eigenvalue weighted by Gasteiger charge is -2.46. The van der Waals surface area contributed by atoms with E-state index in [2.05, 4.69) is 33.0 Å². The second-order valence-corrected chi connectivity index (χ2v) is 9.15. The monoisotopic (exact) mass is 394 g/mol. The molecule has 0 amide bonds. The van der Waals surface area contributed by atoms with E-state index in [0.717, 1.165) is 12.8 Å². The van der Waals surface area contributed by atoms with Crippen molar-refractivity contribution in [1.29, 1.82) is 5.26 Å². The highest BCUT2D eigenvalue weighted by Crippen LogP contribution is 2.35. The first kappa shape index (κ1) is 21.0. The fourth-order valence-corrected chi connectivity index (χ4v) is 4.58. The number of piperidine rings is 1. The molecule has 1 N–H and O–H groups in total. The summed E-state index contributed by atoms with van der Waals surface area (Å²) in [6.45, 7) is 8.60. The van der Waals surface area contributed by atoms with Crippen LogP contribution < -0.4 is 10.1 Å². The molecule has 2 aromatic carbocycles. The summed E-state index contributed by atoms with van der Waals surface area (Å²) >= 11 is 0. The predicted octanol–water partition coefficient (Wildman–Crippen LogP) is 5.62. The van der Waals surface area contributed by atoms with Gasteiger partial charge in [0.25, 0.3) is 0 Å². The average Bonchev–Trinajstić information content (AvgIpc) is 2.61. The van der Waals surface area contributed by atoms with Gasteiger partial charge in [0.15, 0.2) is 17.3 Å². The van der Waals surface area contributed by atoms with Gasteiger partial charge in [-0.1, -0.05) is 12.1 Å². The molecule has 1 aliphatic rings. The van der Waals surface area contributed by atoms with Gasteiger partial charge in [0.05, 0.1) is 5.56 Å². The number of halogens is 1. The Kier molecular flexibility index (Phi) is 5.77. The number of hydrogen-bond acceptors (Lipinski definition) is 4. The van der Waals surface area contributed by atoms with Crippen LogP contribution in [-0.2, 0) is 0 Å². The SMILES string of the molecule is CC1(C)CC(CC(=O)c2ccc(Oc3ccccc3C#N)c(F)c2)CC(C)(C)N1. The molecule has 0 unspecified atom stereocenters. The molecule has 3 rings (SSSR count). The minimum absolute atomic E-state index is 0.00613. The third-order valence-corrected chi connectivity index (χ3v) is 5.23. The van der Waals surface area contributed by atoms with Gasteiger partial charge in [-0.15, -0.1) is 0 Å². The van der Waals surface area contributed by atoms with E-state index in [1.807, 2.05) is 6.07 Å². The second-order valence-electron chi connectivity index (χ2n) is 9.15. The first-order chi connectivity index (χ1) is 13.6. The van der Waals surface area contributed by atoms with E-state index in [1.54, 1.807) is 30.3 Å². The Bertz CT molecular complexity index is 944. The second kappa shape index (κ2) is 7.96. The number of nitriles is 1. The molecule has 0 aliphatic carbocycles. The van der Waals surface area contributed by atoms with Crippen LogP contribution in [0.1, 0.15) is 62.9 Å². The van der Waals surface area contributed by atoms with Gasteiger partial charge in [0, 0.05) is 23.1 Å². The summed E-state index contributed by atoms with van der Waals surface area (Å²) in [5, 5.41) is 12.8. The number of ketones is 1. The standard InChI is InChI=1S/C24H27FN2O2/c1-23(2)13-16(14-24(3,4)27-23)11-20(28)17-9-10-22(19(25)12-17)29-21-8-6-5-7-18(21)15-26/h5-10,12,16,27H,11,13-14H2,1-4H3. The van der Waals surface area contributed by atoms with Gasteiger partial charge in [0.2, 0.25) is 0 Å². The summed E-state index contributed by atoms with van der Waals surface area (Å²) in [4.78, 5) is 12.8. The van der Waals surface area contributed by atoms with Gasteiger partial charge in [-0.2, -0.15) is 5.26 Å². The molecule has 1 heterocycles. The molecule has 0 spiro atoms. The number of nitrogens with zero attached hydrogens (tertiary/aromatic N) is 1. The zero-order valence-corrected chi connectivity index (χ0v) is 17.4. The van der Waals surface area contributed by atoms with Gasteiger partial charge in [-0.3, -0.25) is 4.79 Å². The van der Waals surface area contributed by atoms with E-state index < -0.39 is 5.82 Å². The van der Waals surface area contributed by atoms with Crippen LogP contribution in [0, 0.1) is 23.1 Å². The normalized spacial score (nSPS) is 18.1. The lowest BCUT2D eigenvalue weighted by atomic mass is 9.74. The number of nitrogens with one attached hydrogen (secondary N) is 1. The quantitative estimate of drug-likeness (QED) is 0.669.